The Morgan fingerprint density at radius 2 is 1.44 bits per heavy atom. The molecule has 2 amide bonds. The topological polar surface area (TPSA) is 80.6 Å². The van der Waals surface area contributed by atoms with Gasteiger partial charge >= 0.3 is 0 Å². The molecule has 6 nitrogen and oxygen atoms in total. The van der Waals surface area contributed by atoms with Crippen LogP contribution in [0, 0.1) is 0 Å². The van der Waals surface area contributed by atoms with Crippen LogP contribution in [0.15, 0.2) is 108 Å². The van der Waals surface area contributed by atoms with Gasteiger partial charge in [0, 0.05) is 13.0 Å². The molecule has 1 atom stereocenters. The minimum Gasteiger partial charge on any atom is -0.489 e. The Balaban J connectivity index is 1.34. The molecular formula is C28H26N2O4. The zero-order chi connectivity index (χ0) is 23.6. The number of carbonyl (C=O) groups excluding carboxylic acids is 2. The van der Waals surface area contributed by atoms with E-state index in [0.717, 1.165) is 22.4 Å². The second-order valence-corrected chi connectivity index (χ2v) is 7.83. The lowest BCUT2D eigenvalue weighted by atomic mass is 10.0. The summed E-state index contributed by atoms with van der Waals surface area (Å²) in [7, 11) is 0. The van der Waals surface area contributed by atoms with Gasteiger partial charge in [0.1, 0.15) is 18.4 Å². The molecule has 34 heavy (non-hydrogen) atoms. The first kappa shape index (κ1) is 22.9. The summed E-state index contributed by atoms with van der Waals surface area (Å²) in [4.78, 5) is 25.5. The number of amides is 2. The summed E-state index contributed by atoms with van der Waals surface area (Å²) >= 11 is 0. The van der Waals surface area contributed by atoms with E-state index in [9.17, 15) is 9.59 Å². The zero-order valence-corrected chi connectivity index (χ0v) is 18.6. The third kappa shape index (κ3) is 6.59. The lowest BCUT2D eigenvalue weighted by Crippen LogP contribution is -2.47. The fraction of sp³-hybridized carbons (Fsp3) is 0.143. The van der Waals surface area contributed by atoms with E-state index in [2.05, 4.69) is 10.6 Å². The molecule has 0 spiro atoms. The van der Waals surface area contributed by atoms with Crippen molar-refractivity contribution in [2.45, 2.75) is 25.6 Å². The number of benzene rings is 3. The molecule has 1 unspecified atom stereocenters. The molecule has 0 aliphatic heterocycles. The number of carbonyl (C=O) groups is 2. The van der Waals surface area contributed by atoms with E-state index < -0.39 is 11.9 Å². The van der Waals surface area contributed by atoms with Gasteiger partial charge in [-0.25, -0.2) is 0 Å². The predicted molar refractivity (Wildman–Crippen MR) is 129 cm³/mol. The molecule has 1 aromatic heterocycles. The number of para-hydroxylation sites is 1. The molecule has 4 rings (SSSR count). The molecule has 172 valence electrons. The van der Waals surface area contributed by atoms with Gasteiger partial charge in [0.05, 0.1) is 6.26 Å². The van der Waals surface area contributed by atoms with Gasteiger partial charge in [-0.3, -0.25) is 9.59 Å². The van der Waals surface area contributed by atoms with Gasteiger partial charge in [-0.05, 0) is 41.0 Å². The molecule has 0 bridgehead atoms. The van der Waals surface area contributed by atoms with Gasteiger partial charge in [-0.2, -0.15) is 0 Å². The average Bonchev–Trinajstić information content (AvgIpc) is 3.43. The third-order valence-corrected chi connectivity index (χ3v) is 5.29. The molecule has 0 aliphatic rings. The number of nitrogens with one attached hydrogen (secondary N) is 2. The van der Waals surface area contributed by atoms with Crippen LogP contribution in [0.5, 0.6) is 5.75 Å². The quantitative estimate of drug-likeness (QED) is 0.369. The second-order valence-electron chi connectivity index (χ2n) is 7.83. The van der Waals surface area contributed by atoms with Gasteiger partial charge < -0.3 is 19.8 Å². The van der Waals surface area contributed by atoms with Crippen LogP contribution in [-0.2, 0) is 24.4 Å². The average molecular weight is 455 g/mol. The maximum Gasteiger partial charge on any atom is 0.287 e. The van der Waals surface area contributed by atoms with E-state index in [1.165, 1.54) is 6.26 Å². The highest BCUT2D eigenvalue weighted by Crippen LogP contribution is 2.13. The molecule has 0 saturated carbocycles. The van der Waals surface area contributed by atoms with Crippen LogP contribution in [0.25, 0.3) is 0 Å². The first-order valence-electron chi connectivity index (χ1n) is 11.1. The number of furan rings is 1. The van der Waals surface area contributed by atoms with E-state index >= 15 is 0 Å². The number of ether oxygens (including phenoxy) is 1. The first-order chi connectivity index (χ1) is 16.7. The van der Waals surface area contributed by atoms with Crippen molar-refractivity contribution in [3.05, 3.63) is 126 Å². The normalized spacial score (nSPS) is 11.4. The van der Waals surface area contributed by atoms with Crippen molar-refractivity contribution < 1.29 is 18.7 Å². The molecule has 3 aromatic carbocycles. The van der Waals surface area contributed by atoms with Crippen LogP contribution in [-0.4, -0.2) is 17.9 Å². The van der Waals surface area contributed by atoms with Crippen molar-refractivity contribution in [3.63, 3.8) is 0 Å². The SMILES string of the molecule is O=C(NC(Cc1ccccc1)C(=O)NCc1ccc(COc2ccccc2)cc1)c1ccco1. The minimum atomic E-state index is -0.737. The van der Waals surface area contributed by atoms with Gasteiger partial charge in [0.15, 0.2) is 5.76 Å². The smallest absolute Gasteiger partial charge is 0.287 e. The van der Waals surface area contributed by atoms with Gasteiger partial charge in [0.2, 0.25) is 5.91 Å². The van der Waals surface area contributed by atoms with Crippen LogP contribution >= 0.6 is 0 Å². The van der Waals surface area contributed by atoms with Crippen LogP contribution in [0.3, 0.4) is 0 Å². The van der Waals surface area contributed by atoms with E-state index in [1.807, 2.05) is 84.9 Å². The fourth-order valence-electron chi connectivity index (χ4n) is 3.45. The summed E-state index contributed by atoms with van der Waals surface area (Å²) in [5.41, 5.74) is 2.93. The van der Waals surface area contributed by atoms with E-state index in [1.54, 1.807) is 12.1 Å². The summed E-state index contributed by atoms with van der Waals surface area (Å²) in [5.74, 6) is 0.295. The van der Waals surface area contributed by atoms with Crippen LogP contribution in [0.2, 0.25) is 0 Å². The summed E-state index contributed by atoms with van der Waals surface area (Å²) in [5, 5.41) is 5.72. The maximum absolute atomic E-state index is 13.0. The Hall–Kier alpha value is -4.32. The Morgan fingerprint density at radius 3 is 2.12 bits per heavy atom. The van der Waals surface area contributed by atoms with Crippen molar-refractivity contribution >= 4 is 11.8 Å². The van der Waals surface area contributed by atoms with Crippen molar-refractivity contribution in [1.82, 2.24) is 10.6 Å². The van der Waals surface area contributed by atoms with Crippen molar-refractivity contribution in [1.29, 1.82) is 0 Å². The van der Waals surface area contributed by atoms with Crippen LogP contribution in [0.1, 0.15) is 27.2 Å². The first-order valence-corrected chi connectivity index (χ1v) is 11.1. The molecule has 2 N–H and O–H groups in total. The number of hydrogen-bond donors (Lipinski definition) is 2. The Labute approximate surface area is 198 Å². The highest BCUT2D eigenvalue weighted by atomic mass is 16.5. The van der Waals surface area contributed by atoms with Crippen molar-refractivity contribution in [3.8, 4) is 5.75 Å². The summed E-state index contributed by atoms with van der Waals surface area (Å²) in [6.07, 6.45) is 1.80. The summed E-state index contributed by atoms with van der Waals surface area (Å²) in [6, 6.07) is 29.5. The molecule has 0 radical (unpaired) electrons. The maximum atomic E-state index is 13.0. The van der Waals surface area contributed by atoms with Crippen molar-refractivity contribution in [2.24, 2.45) is 0 Å². The molecule has 0 saturated heterocycles. The second kappa shape index (κ2) is 11.5. The number of hydrogen-bond acceptors (Lipinski definition) is 4. The standard InChI is InChI=1S/C28H26N2O4/c31-27(25(18-21-8-3-1-4-9-21)30-28(32)26-12-7-17-33-26)29-19-22-13-15-23(16-14-22)20-34-24-10-5-2-6-11-24/h1-17,25H,18-20H2,(H,29,31)(H,30,32). The Bertz CT molecular complexity index is 1170. The summed E-state index contributed by atoms with van der Waals surface area (Å²) < 4.78 is 10.9. The Morgan fingerprint density at radius 1 is 0.765 bits per heavy atom. The van der Waals surface area contributed by atoms with Gasteiger partial charge in [-0.15, -0.1) is 0 Å². The van der Waals surface area contributed by atoms with E-state index in [-0.39, 0.29) is 11.7 Å². The molecule has 4 aromatic rings. The molecule has 1 heterocycles. The van der Waals surface area contributed by atoms with Crippen LogP contribution in [0.4, 0.5) is 0 Å². The van der Waals surface area contributed by atoms with E-state index in [0.29, 0.717) is 19.6 Å². The molecule has 0 aliphatic carbocycles. The lowest BCUT2D eigenvalue weighted by molar-refractivity contribution is -0.123. The molecule has 6 heteroatoms. The molecular weight excluding hydrogens is 428 g/mol. The van der Waals surface area contributed by atoms with Crippen molar-refractivity contribution in [2.75, 3.05) is 0 Å². The van der Waals surface area contributed by atoms with E-state index in [4.69, 9.17) is 9.15 Å². The molecule has 0 fully saturated rings. The minimum absolute atomic E-state index is 0.166. The third-order valence-electron chi connectivity index (χ3n) is 5.29. The lowest BCUT2D eigenvalue weighted by Gasteiger charge is -2.18. The zero-order valence-electron chi connectivity index (χ0n) is 18.6. The fourth-order valence-corrected chi connectivity index (χ4v) is 3.45. The summed E-state index contributed by atoms with van der Waals surface area (Å²) in [6.45, 7) is 0.815. The Kier molecular flexibility index (Phi) is 7.74. The highest BCUT2D eigenvalue weighted by molar-refractivity contribution is 5.95. The largest absolute Gasteiger partial charge is 0.489 e. The van der Waals surface area contributed by atoms with Crippen LogP contribution < -0.4 is 15.4 Å². The van der Waals surface area contributed by atoms with Gasteiger partial charge in [-0.1, -0.05) is 72.8 Å². The predicted octanol–water partition coefficient (Wildman–Crippen LogP) is 4.52. The van der Waals surface area contributed by atoms with Gasteiger partial charge in [0.25, 0.3) is 5.91 Å². The highest BCUT2D eigenvalue weighted by Gasteiger charge is 2.22. The monoisotopic (exact) mass is 454 g/mol. The number of rotatable bonds is 10.